The number of amides is 2. The lowest BCUT2D eigenvalue weighted by atomic mass is 10.0. The van der Waals surface area contributed by atoms with E-state index in [-0.39, 0.29) is 11.5 Å². The Morgan fingerprint density at radius 3 is 2.62 bits per heavy atom. The summed E-state index contributed by atoms with van der Waals surface area (Å²) in [5.41, 5.74) is 1.55. The van der Waals surface area contributed by atoms with Gasteiger partial charge in [0.05, 0.1) is 40.3 Å². The van der Waals surface area contributed by atoms with Crippen molar-refractivity contribution in [3.8, 4) is 5.69 Å². The largest absolute Gasteiger partial charge is 0.332 e. The van der Waals surface area contributed by atoms with Crippen LogP contribution in [-0.4, -0.2) is 41.3 Å². The van der Waals surface area contributed by atoms with Crippen LogP contribution in [0.5, 0.6) is 0 Å². The Hall–Kier alpha value is -2.35. The van der Waals surface area contributed by atoms with Gasteiger partial charge in [0, 0.05) is 0 Å². The predicted octanol–water partition coefficient (Wildman–Crippen LogP) is 1.88. The SMILES string of the molecule is Cc1c(NC(=O)NC2(C)CCS(=O)(=O)C2)cnn1-c1ccccc1. The number of hydrogen-bond acceptors (Lipinski definition) is 4. The summed E-state index contributed by atoms with van der Waals surface area (Å²) in [5.74, 6) is 0.0738. The molecule has 2 heterocycles. The quantitative estimate of drug-likeness (QED) is 0.886. The van der Waals surface area contributed by atoms with Crippen LogP contribution in [0.15, 0.2) is 36.5 Å². The van der Waals surface area contributed by atoms with Gasteiger partial charge in [-0.25, -0.2) is 17.9 Å². The maximum atomic E-state index is 12.2. The number of carbonyl (C=O) groups excluding carboxylic acids is 1. The first-order valence-corrected chi connectivity index (χ1v) is 9.50. The molecule has 3 rings (SSSR count). The molecule has 1 aromatic carbocycles. The molecule has 0 bridgehead atoms. The minimum absolute atomic E-state index is 0.0321. The van der Waals surface area contributed by atoms with Gasteiger partial charge in [0.15, 0.2) is 9.84 Å². The number of carbonyl (C=O) groups is 1. The predicted molar refractivity (Wildman–Crippen MR) is 92.1 cm³/mol. The van der Waals surface area contributed by atoms with Crippen LogP contribution in [0.4, 0.5) is 10.5 Å². The second-order valence-corrected chi connectivity index (χ2v) is 8.56. The van der Waals surface area contributed by atoms with E-state index in [4.69, 9.17) is 0 Å². The molecule has 1 aromatic heterocycles. The van der Waals surface area contributed by atoms with Crippen molar-refractivity contribution in [1.82, 2.24) is 15.1 Å². The second kappa shape index (κ2) is 5.94. The molecule has 8 heteroatoms. The molecule has 1 aliphatic rings. The second-order valence-electron chi connectivity index (χ2n) is 6.37. The number of sulfone groups is 1. The molecule has 2 N–H and O–H groups in total. The fraction of sp³-hybridized carbons (Fsp3) is 0.375. The van der Waals surface area contributed by atoms with E-state index in [1.54, 1.807) is 17.8 Å². The van der Waals surface area contributed by atoms with Gasteiger partial charge in [-0.2, -0.15) is 5.10 Å². The van der Waals surface area contributed by atoms with E-state index in [2.05, 4.69) is 15.7 Å². The van der Waals surface area contributed by atoms with Gasteiger partial charge >= 0.3 is 6.03 Å². The molecule has 0 aliphatic carbocycles. The number of hydrogen-bond donors (Lipinski definition) is 2. The van der Waals surface area contributed by atoms with Crippen molar-refractivity contribution in [2.75, 3.05) is 16.8 Å². The van der Waals surface area contributed by atoms with E-state index in [1.165, 1.54) is 0 Å². The lowest BCUT2D eigenvalue weighted by Gasteiger charge is -2.23. The van der Waals surface area contributed by atoms with E-state index in [0.717, 1.165) is 11.4 Å². The number of benzene rings is 1. The average Bonchev–Trinajstić information content (AvgIpc) is 3.00. The molecule has 1 atom stereocenters. The van der Waals surface area contributed by atoms with Gasteiger partial charge in [-0.05, 0) is 32.4 Å². The maximum Gasteiger partial charge on any atom is 0.319 e. The molecule has 1 saturated heterocycles. The van der Waals surface area contributed by atoms with E-state index >= 15 is 0 Å². The molecule has 1 unspecified atom stereocenters. The molecule has 24 heavy (non-hydrogen) atoms. The lowest BCUT2D eigenvalue weighted by Crippen LogP contribution is -2.48. The van der Waals surface area contributed by atoms with Crippen LogP contribution in [0.25, 0.3) is 5.69 Å². The number of para-hydroxylation sites is 1. The monoisotopic (exact) mass is 348 g/mol. The van der Waals surface area contributed by atoms with Crippen molar-refractivity contribution in [3.63, 3.8) is 0 Å². The molecule has 1 fully saturated rings. The molecular formula is C16H20N4O3S. The zero-order chi connectivity index (χ0) is 17.4. The molecule has 2 aromatic rings. The summed E-state index contributed by atoms with van der Waals surface area (Å²) < 4.78 is 25.0. The van der Waals surface area contributed by atoms with E-state index in [0.29, 0.717) is 12.1 Å². The van der Waals surface area contributed by atoms with Crippen LogP contribution in [0.3, 0.4) is 0 Å². The highest BCUT2D eigenvalue weighted by Crippen LogP contribution is 2.23. The van der Waals surface area contributed by atoms with Crippen LogP contribution >= 0.6 is 0 Å². The van der Waals surface area contributed by atoms with Crippen LogP contribution in [0.1, 0.15) is 19.0 Å². The summed E-state index contributed by atoms with van der Waals surface area (Å²) in [6, 6.07) is 9.17. The molecule has 1 aliphatic heterocycles. The summed E-state index contributed by atoms with van der Waals surface area (Å²) >= 11 is 0. The Labute approximate surface area is 141 Å². The lowest BCUT2D eigenvalue weighted by molar-refractivity contribution is 0.242. The fourth-order valence-electron chi connectivity index (χ4n) is 2.90. The van der Waals surface area contributed by atoms with Crippen molar-refractivity contribution >= 4 is 21.6 Å². The standard InChI is InChI=1S/C16H20N4O3S/c1-12-14(10-17-20(12)13-6-4-3-5-7-13)18-15(21)19-16(2)8-9-24(22,23)11-16/h3-7,10H,8-9,11H2,1-2H3,(H2,18,19,21). The number of nitrogens with zero attached hydrogens (tertiary/aromatic N) is 2. The highest BCUT2D eigenvalue weighted by Gasteiger charge is 2.39. The Kier molecular flexibility index (Phi) is 4.08. The minimum atomic E-state index is -3.07. The highest BCUT2D eigenvalue weighted by atomic mass is 32.2. The first-order valence-electron chi connectivity index (χ1n) is 7.68. The van der Waals surface area contributed by atoms with Gasteiger partial charge in [-0.15, -0.1) is 0 Å². The topological polar surface area (TPSA) is 93.1 Å². The van der Waals surface area contributed by atoms with Crippen LogP contribution < -0.4 is 10.6 Å². The van der Waals surface area contributed by atoms with E-state index in [1.807, 2.05) is 37.3 Å². The Morgan fingerprint density at radius 2 is 2.00 bits per heavy atom. The maximum absolute atomic E-state index is 12.2. The van der Waals surface area contributed by atoms with Gasteiger partial charge in [-0.1, -0.05) is 18.2 Å². The summed E-state index contributed by atoms with van der Waals surface area (Å²) in [5, 5.41) is 9.81. The number of rotatable bonds is 3. The van der Waals surface area contributed by atoms with Gasteiger partial charge in [0.2, 0.25) is 0 Å². The fourth-order valence-corrected chi connectivity index (χ4v) is 4.99. The molecule has 128 valence electrons. The van der Waals surface area contributed by atoms with Gasteiger partial charge < -0.3 is 10.6 Å². The normalized spacial score (nSPS) is 22.2. The van der Waals surface area contributed by atoms with Crippen molar-refractivity contribution in [2.24, 2.45) is 0 Å². The van der Waals surface area contributed by atoms with Crippen LogP contribution in [0, 0.1) is 6.92 Å². The molecule has 2 amide bonds. The van der Waals surface area contributed by atoms with Gasteiger partial charge in [0.25, 0.3) is 0 Å². The molecule has 0 spiro atoms. The summed E-state index contributed by atoms with van der Waals surface area (Å²) in [6.07, 6.45) is 2.00. The van der Waals surface area contributed by atoms with Crippen molar-refractivity contribution in [2.45, 2.75) is 25.8 Å². The first-order chi connectivity index (χ1) is 11.3. The summed E-state index contributed by atoms with van der Waals surface area (Å²) in [4.78, 5) is 12.2. The Morgan fingerprint density at radius 1 is 1.29 bits per heavy atom. The number of urea groups is 1. The highest BCUT2D eigenvalue weighted by molar-refractivity contribution is 7.91. The zero-order valence-electron chi connectivity index (χ0n) is 13.6. The van der Waals surface area contributed by atoms with Crippen LogP contribution in [-0.2, 0) is 9.84 Å². The summed E-state index contributed by atoms with van der Waals surface area (Å²) in [7, 11) is -3.07. The minimum Gasteiger partial charge on any atom is -0.332 e. The van der Waals surface area contributed by atoms with Gasteiger partial charge in [-0.3, -0.25) is 0 Å². The first kappa shape index (κ1) is 16.5. The molecular weight excluding hydrogens is 328 g/mol. The summed E-state index contributed by atoms with van der Waals surface area (Å²) in [6.45, 7) is 3.61. The smallest absolute Gasteiger partial charge is 0.319 e. The molecule has 7 nitrogen and oxygen atoms in total. The zero-order valence-corrected chi connectivity index (χ0v) is 14.4. The average molecular weight is 348 g/mol. The van der Waals surface area contributed by atoms with Crippen molar-refractivity contribution in [3.05, 3.63) is 42.2 Å². The Balaban J connectivity index is 1.71. The molecule has 0 radical (unpaired) electrons. The number of nitrogens with one attached hydrogen (secondary N) is 2. The van der Waals surface area contributed by atoms with E-state index < -0.39 is 21.4 Å². The van der Waals surface area contributed by atoms with E-state index in [9.17, 15) is 13.2 Å². The number of anilines is 1. The Bertz CT molecular complexity index is 861. The third-order valence-corrected chi connectivity index (χ3v) is 6.08. The number of aromatic nitrogens is 2. The van der Waals surface area contributed by atoms with Gasteiger partial charge in [0.1, 0.15) is 0 Å². The van der Waals surface area contributed by atoms with Crippen molar-refractivity contribution in [1.29, 1.82) is 0 Å². The van der Waals surface area contributed by atoms with Crippen molar-refractivity contribution < 1.29 is 13.2 Å². The third kappa shape index (κ3) is 3.43. The third-order valence-electron chi connectivity index (χ3n) is 4.18. The van der Waals surface area contributed by atoms with Crippen LogP contribution in [0.2, 0.25) is 0 Å². The molecule has 0 saturated carbocycles.